The van der Waals surface area contributed by atoms with Gasteiger partial charge in [0.25, 0.3) is 0 Å². The summed E-state index contributed by atoms with van der Waals surface area (Å²) in [6.45, 7) is 15.5. The summed E-state index contributed by atoms with van der Waals surface area (Å²) in [5.74, 6) is -0.168. The molecule has 3 aliphatic heterocycles. The van der Waals surface area contributed by atoms with Gasteiger partial charge >= 0.3 is 19.2 Å². The highest BCUT2D eigenvalue weighted by atomic mass is 16.7. The molecule has 1 aromatic carbocycles. The van der Waals surface area contributed by atoms with E-state index in [1.54, 1.807) is 9.80 Å². The highest BCUT2D eigenvalue weighted by Crippen LogP contribution is 2.65. The summed E-state index contributed by atoms with van der Waals surface area (Å²) < 4.78 is 19.4. The van der Waals surface area contributed by atoms with E-state index in [2.05, 4.69) is 42.8 Å². The van der Waals surface area contributed by atoms with Crippen LogP contribution in [0.5, 0.6) is 0 Å². The lowest BCUT2D eigenvalue weighted by atomic mass is 9.43. The minimum Gasteiger partial charge on any atom is -0.444 e. The van der Waals surface area contributed by atoms with Crippen molar-refractivity contribution in [3.8, 4) is 0 Å². The van der Waals surface area contributed by atoms with E-state index in [0.29, 0.717) is 31.3 Å². The first-order valence-corrected chi connectivity index (χ1v) is 20.6. The van der Waals surface area contributed by atoms with Gasteiger partial charge in [0.05, 0.1) is 24.2 Å². The molecule has 296 valence electrons. The molecular weight excluding hydrogens is 685 g/mol. The first-order chi connectivity index (χ1) is 25.6. The van der Waals surface area contributed by atoms with Crippen molar-refractivity contribution in [3.63, 3.8) is 0 Å². The highest BCUT2D eigenvalue weighted by Gasteiger charge is 2.68. The molecule has 4 saturated carbocycles. The number of carbonyl (C=O) groups is 4. The van der Waals surface area contributed by atoms with Gasteiger partial charge in [-0.15, -0.1) is 0 Å². The maximum absolute atomic E-state index is 14.8. The van der Waals surface area contributed by atoms with E-state index in [-0.39, 0.29) is 42.2 Å². The molecule has 2 bridgehead atoms. The van der Waals surface area contributed by atoms with E-state index in [1.807, 2.05) is 45.9 Å². The molecule has 2 saturated heterocycles. The molecule has 6 fully saturated rings. The second-order valence-electron chi connectivity index (χ2n) is 18.8. The Kier molecular flexibility index (Phi) is 10.8. The summed E-state index contributed by atoms with van der Waals surface area (Å²) >= 11 is 0. The van der Waals surface area contributed by atoms with Crippen molar-refractivity contribution in [2.45, 2.75) is 161 Å². The number of hydrogen-bond acceptors (Lipinski definition) is 7. The summed E-state index contributed by atoms with van der Waals surface area (Å²) in [6, 6.07) is 5.95. The number of carbonyl (C=O) groups excluding carboxylic acids is 4. The zero-order chi connectivity index (χ0) is 38.6. The van der Waals surface area contributed by atoms with Crippen molar-refractivity contribution in [2.24, 2.45) is 23.2 Å². The Hall–Kier alpha value is -3.32. The Balaban J connectivity index is 1.09. The van der Waals surface area contributed by atoms with Crippen molar-refractivity contribution >= 4 is 31.1 Å². The molecule has 1 aromatic rings. The summed E-state index contributed by atoms with van der Waals surface area (Å²) in [5, 5.41) is 9.17. The number of hydrogen-bond donors (Lipinski definition) is 3. The lowest BCUT2D eigenvalue weighted by Crippen LogP contribution is -2.65. The van der Waals surface area contributed by atoms with E-state index >= 15 is 0 Å². The molecule has 5 amide bonds. The highest BCUT2D eigenvalue weighted by molar-refractivity contribution is 6.47. The fourth-order valence-electron chi connectivity index (χ4n) is 10.5. The largest absolute Gasteiger partial charge is 0.481 e. The Labute approximate surface area is 321 Å². The third-order valence-electron chi connectivity index (χ3n) is 13.7. The van der Waals surface area contributed by atoms with Gasteiger partial charge in [-0.05, 0) is 101 Å². The van der Waals surface area contributed by atoms with Gasteiger partial charge in [0.15, 0.2) is 0 Å². The number of nitrogens with zero attached hydrogens (tertiary/aromatic N) is 2. The Morgan fingerprint density at radius 2 is 1.72 bits per heavy atom. The number of fused-ring (bicyclic) bond motifs is 1. The van der Waals surface area contributed by atoms with Crippen LogP contribution in [0.15, 0.2) is 24.3 Å². The normalized spacial score (nSPS) is 31.4. The zero-order valence-electron chi connectivity index (χ0n) is 33.5. The number of likely N-dealkylation sites (tertiary alicyclic amines) is 1. The summed E-state index contributed by atoms with van der Waals surface area (Å²) in [4.78, 5) is 59.4. The molecular formula is C41H62BN5O7. The van der Waals surface area contributed by atoms with E-state index in [1.165, 1.54) is 5.56 Å². The van der Waals surface area contributed by atoms with Gasteiger partial charge < -0.3 is 39.8 Å². The predicted molar refractivity (Wildman–Crippen MR) is 205 cm³/mol. The lowest BCUT2D eigenvalue weighted by molar-refractivity contribution is -0.199. The van der Waals surface area contributed by atoms with E-state index in [9.17, 15) is 19.2 Å². The standard InChI is InChI=1S/C41H62BN5O7/c1-8-33(42-53-32-21-28-20-31(40(28,5)6)41(32,7)54-42)43-35(48)30-22-29(52-38(51)46-19-18-25-14-12-13-17-27(25)23-46)24-47(30)36(49)34(26-15-10-9-11-16-26)44-37(50)45-39(2,3)4/h12-14,17,26,28-34H,8-11,15-16,18-24H2,1-7H3,(H,43,48)(H2,44,45,50)/t28-,29-,30+,31-,32-,33+,34+,41+/m1/s1. The third kappa shape index (κ3) is 7.60. The first kappa shape index (κ1) is 38.9. The summed E-state index contributed by atoms with van der Waals surface area (Å²) in [5.41, 5.74) is 1.58. The number of rotatable bonds is 8. The smallest absolute Gasteiger partial charge is 0.444 e. The second-order valence-corrected chi connectivity index (χ2v) is 18.8. The monoisotopic (exact) mass is 747 g/mol. The van der Waals surface area contributed by atoms with Crippen LogP contribution in [-0.2, 0) is 36.6 Å². The van der Waals surface area contributed by atoms with Gasteiger partial charge in [0, 0.05) is 25.0 Å². The van der Waals surface area contributed by atoms with Crippen LogP contribution in [0.4, 0.5) is 9.59 Å². The molecule has 13 heteroatoms. The van der Waals surface area contributed by atoms with E-state index in [4.69, 9.17) is 14.0 Å². The third-order valence-corrected chi connectivity index (χ3v) is 13.7. The fraction of sp³-hybridized carbons (Fsp3) is 0.756. The Morgan fingerprint density at radius 1 is 1.00 bits per heavy atom. The second kappa shape index (κ2) is 15.0. The van der Waals surface area contributed by atoms with Crippen LogP contribution in [0.25, 0.3) is 0 Å². The Morgan fingerprint density at radius 3 is 2.41 bits per heavy atom. The SMILES string of the molecule is CC[C@H](NC(=O)[C@@H]1C[C@@H](OC(=O)N2CCc3ccccc3C2)CN1C(=O)[C@@H](NC(=O)NC(C)(C)C)C1CCCCC1)B1O[C@@H]2C[C@H]3C[C@H](C3(C)C)[C@]2(C)O1. The van der Waals surface area contributed by atoms with Gasteiger partial charge in [0.1, 0.15) is 18.2 Å². The molecule has 7 aliphatic rings. The maximum atomic E-state index is 14.8. The topological polar surface area (TPSA) is 139 Å². The van der Waals surface area contributed by atoms with E-state index in [0.717, 1.165) is 56.9 Å². The van der Waals surface area contributed by atoms with Crippen LogP contribution in [0.3, 0.4) is 0 Å². The zero-order valence-corrected chi connectivity index (χ0v) is 33.5. The van der Waals surface area contributed by atoms with Crippen molar-refractivity contribution in [2.75, 3.05) is 13.1 Å². The molecule has 0 aromatic heterocycles. The number of ether oxygens (including phenoxy) is 1. The van der Waals surface area contributed by atoms with Crippen molar-refractivity contribution in [3.05, 3.63) is 35.4 Å². The summed E-state index contributed by atoms with van der Waals surface area (Å²) in [6.07, 6.45) is 7.00. The number of nitrogens with one attached hydrogen (secondary N) is 3. The average Bonchev–Trinajstić information content (AvgIpc) is 3.72. The maximum Gasteiger partial charge on any atom is 0.481 e. The van der Waals surface area contributed by atoms with Gasteiger partial charge in [0.2, 0.25) is 11.8 Å². The van der Waals surface area contributed by atoms with Crippen molar-refractivity contribution < 1.29 is 33.2 Å². The van der Waals surface area contributed by atoms with Gasteiger partial charge in [-0.25, -0.2) is 9.59 Å². The van der Waals surface area contributed by atoms with Crippen LogP contribution in [0, 0.1) is 23.2 Å². The van der Waals surface area contributed by atoms with Crippen LogP contribution >= 0.6 is 0 Å². The molecule has 3 N–H and O–H groups in total. The Bertz CT molecular complexity index is 1600. The van der Waals surface area contributed by atoms with Crippen LogP contribution in [0.1, 0.15) is 117 Å². The molecule has 12 nitrogen and oxygen atoms in total. The number of benzene rings is 1. The van der Waals surface area contributed by atoms with Crippen molar-refractivity contribution in [1.82, 2.24) is 25.8 Å². The van der Waals surface area contributed by atoms with Gasteiger partial charge in [-0.1, -0.05) is 64.3 Å². The molecule has 0 radical (unpaired) electrons. The van der Waals surface area contributed by atoms with Crippen LogP contribution in [0.2, 0.25) is 0 Å². The summed E-state index contributed by atoms with van der Waals surface area (Å²) in [7, 11) is -0.608. The molecule has 3 heterocycles. The lowest BCUT2D eigenvalue weighted by Gasteiger charge is -2.64. The molecule has 8 rings (SSSR count). The average molecular weight is 748 g/mol. The first-order valence-electron chi connectivity index (χ1n) is 20.6. The minimum absolute atomic E-state index is 0.0260. The van der Waals surface area contributed by atoms with Gasteiger partial charge in [-0.2, -0.15) is 0 Å². The van der Waals surface area contributed by atoms with Crippen molar-refractivity contribution in [1.29, 1.82) is 0 Å². The number of urea groups is 1. The predicted octanol–water partition coefficient (Wildman–Crippen LogP) is 5.36. The molecule has 0 unspecified atom stereocenters. The molecule has 54 heavy (non-hydrogen) atoms. The molecule has 0 spiro atoms. The number of amides is 5. The minimum atomic E-state index is -0.906. The molecule has 4 aliphatic carbocycles. The van der Waals surface area contributed by atoms with Crippen LogP contribution in [-0.4, -0.2) is 95.3 Å². The van der Waals surface area contributed by atoms with Crippen LogP contribution < -0.4 is 16.0 Å². The van der Waals surface area contributed by atoms with E-state index < -0.39 is 54.5 Å². The van der Waals surface area contributed by atoms with Gasteiger partial charge in [-0.3, -0.25) is 9.59 Å². The quantitative estimate of drug-likeness (QED) is 0.305. The molecule has 8 atom stereocenters. The fourth-order valence-corrected chi connectivity index (χ4v) is 10.5.